The van der Waals surface area contributed by atoms with Crippen LogP contribution in [0.5, 0.6) is 5.75 Å². The van der Waals surface area contributed by atoms with Gasteiger partial charge in [-0.25, -0.2) is 14.2 Å². The number of aromatic hydroxyl groups is 1. The summed E-state index contributed by atoms with van der Waals surface area (Å²) in [6, 6.07) is 6.38. The molecule has 2 N–H and O–H groups in total. The Bertz CT molecular complexity index is 751. The number of halogens is 2. The topological polar surface area (TPSA) is 73.7 Å². The molecule has 2 unspecified atom stereocenters. The second-order valence-electron chi connectivity index (χ2n) is 6.01. The molecule has 2 heterocycles. The Morgan fingerprint density at radius 1 is 1.36 bits per heavy atom. The average molecular weight is 368 g/mol. The maximum Gasteiger partial charge on any atom is 0.350 e. The van der Waals surface area contributed by atoms with Gasteiger partial charge in [0.05, 0.1) is 11.0 Å². The van der Waals surface area contributed by atoms with Crippen molar-refractivity contribution >= 4 is 23.0 Å². The van der Waals surface area contributed by atoms with Gasteiger partial charge in [-0.15, -0.1) is 11.3 Å². The van der Waals surface area contributed by atoms with E-state index in [-0.39, 0.29) is 16.7 Å². The lowest BCUT2D eigenvalue weighted by atomic mass is 10.1. The monoisotopic (exact) mass is 368 g/mol. The van der Waals surface area contributed by atoms with Crippen molar-refractivity contribution in [2.45, 2.75) is 37.9 Å². The van der Waals surface area contributed by atoms with E-state index in [9.17, 15) is 18.7 Å². The Morgan fingerprint density at radius 3 is 2.72 bits per heavy atom. The lowest BCUT2D eigenvalue weighted by Gasteiger charge is -2.27. The summed E-state index contributed by atoms with van der Waals surface area (Å²) in [6.07, 6.45) is 1.07. The van der Waals surface area contributed by atoms with Crippen molar-refractivity contribution in [1.29, 1.82) is 0 Å². The maximum atomic E-state index is 14.3. The molecule has 0 saturated carbocycles. The number of anilines is 1. The maximum absolute atomic E-state index is 14.3. The fourth-order valence-electron chi connectivity index (χ4n) is 3.16. The summed E-state index contributed by atoms with van der Waals surface area (Å²) >= 11 is 0.829. The molecule has 0 spiro atoms. The van der Waals surface area contributed by atoms with Gasteiger partial charge >= 0.3 is 5.97 Å². The van der Waals surface area contributed by atoms with E-state index < -0.39 is 18.1 Å². The summed E-state index contributed by atoms with van der Waals surface area (Å²) in [5.41, 5.74) is 0.858. The number of hydrogen-bond donors (Lipinski definition) is 2. The van der Waals surface area contributed by atoms with Crippen molar-refractivity contribution < 1.29 is 23.8 Å². The van der Waals surface area contributed by atoms with Gasteiger partial charge in [-0.05, 0) is 49.9 Å². The van der Waals surface area contributed by atoms with Crippen LogP contribution < -0.4 is 4.90 Å². The van der Waals surface area contributed by atoms with Gasteiger partial charge in [-0.1, -0.05) is 0 Å². The zero-order chi connectivity index (χ0) is 18.0. The molecule has 0 amide bonds. The second kappa shape index (κ2) is 7.35. The SMILES string of the molecule is O=C(O)c1sc(CCCC2C(F)CCN2c2ccc(O)cc2)nc1F. The molecule has 1 aliphatic rings. The molecule has 0 bridgehead atoms. The van der Waals surface area contributed by atoms with Crippen LogP contribution in [0.25, 0.3) is 0 Å². The number of aromatic carboxylic acids is 1. The van der Waals surface area contributed by atoms with Crippen LogP contribution in [0.1, 0.15) is 33.9 Å². The smallest absolute Gasteiger partial charge is 0.350 e. The molecule has 2 atom stereocenters. The van der Waals surface area contributed by atoms with Gasteiger partial charge < -0.3 is 15.1 Å². The number of hydrogen-bond acceptors (Lipinski definition) is 5. The molecule has 25 heavy (non-hydrogen) atoms. The van der Waals surface area contributed by atoms with Crippen LogP contribution >= 0.6 is 11.3 Å². The van der Waals surface area contributed by atoms with E-state index in [1.807, 2.05) is 4.90 Å². The number of nitrogens with zero attached hydrogens (tertiary/aromatic N) is 2. The summed E-state index contributed by atoms with van der Waals surface area (Å²) in [6.45, 7) is 0.603. The van der Waals surface area contributed by atoms with Crippen molar-refractivity contribution in [3.63, 3.8) is 0 Å². The molecular weight excluding hydrogens is 350 g/mol. The van der Waals surface area contributed by atoms with Crippen LogP contribution in [0, 0.1) is 5.95 Å². The Hall–Kier alpha value is -2.22. The summed E-state index contributed by atoms with van der Waals surface area (Å²) in [5, 5.41) is 18.6. The minimum absolute atomic E-state index is 0.163. The molecule has 134 valence electrons. The van der Waals surface area contributed by atoms with E-state index in [1.165, 1.54) is 0 Å². The van der Waals surface area contributed by atoms with Crippen LogP contribution in [0.15, 0.2) is 24.3 Å². The first-order valence-electron chi connectivity index (χ1n) is 8.04. The molecule has 5 nitrogen and oxygen atoms in total. The molecule has 1 saturated heterocycles. The highest BCUT2D eigenvalue weighted by Crippen LogP contribution is 2.31. The van der Waals surface area contributed by atoms with Crippen LogP contribution in [0.2, 0.25) is 0 Å². The van der Waals surface area contributed by atoms with Crippen LogP contribution in [0.4, 0.5) is 14.5 Å². The van der Waals surface area contributed by atoms with Crippen molar-refractivity contribution in [1.82, 2.24) is 4.98 Å². The molecule has 8 heteroatoms. The van der Waals surface area contributed by atoms with E-state index in [4.69, 9.17) is 5.11 Å². The van der Waals surface area contributed by atoms with E-state index >= 15 is 0 Å². The molecule has 0 radical (unpaired) electrons. The summed E-state index contributed by atoms with van der Waals surface area (Å²) in [4.78, 5) is 16.1. The zero-order valence-corrected chi connectivity index (χ0v) is 14.2. The quantitative estimate of drug-likeness (QED) is 0.815. The van der Waals surface area contributed by atoms with Gasteiger partial charge in [-0.3, -0.25) is 0 Å². The van der Waals surface area contributed by atoms with Crippen molar-refractivity contribution in [3.8, 4) is 5.75 Å². The van der Waals surface area contributed by atoms with Crippen molar-refractivity contribution in [2.24, 2.45) is 0 Å². The fraction of sp³-hybridized carbons (Fsp3) is 0.412. The molecule has 1 aliphatic heterocycles. The summed E-state index contributed by atoms with van der Waals surface area (Å²) in [7, 11) is 0. The molecule has 1 aromatic carbocycles. The molecule has 3 rings (SSSR count). The fourth-order valence-corrected chi connectivity index (χ4v) is 3.99. The first kappa shape index (κ1) is 17.6. The number of carbonyl (C=O) groups is 1. The summed E-state index contributed by atoms with van der Waals surface area (Å²) in [5.74, 6) is -2.11. The first-order chi connectivity index (χ1) is 12.0. The normalized spacial score (nSPS) is 20.2. The highest BCUT2D eigenvalue weighted by atomic mass is 32.1. The number of carboxylic acids is 1. The van der Waals surface area contributed by atoms with Gasteiger partial charge in [-0.2, -0.15) is 4.39 Å². The van der Waals surface area contributed by atoms with Gasteiger partial charge in [0.1, 0.15) is 11.9 Å². The Morgan fingerprint density at radius 2 is 2.08 bits per heavy atom. The van der Waals surface area contributed by atoms with Crippen molar-refractivity contribution in [2.75, 3.05) is 11.4 Å². The molecule has 0 aliphatic carbocycles. The number of aromatic nitrogens is 1. The zero-order valence-electron chi connectivity index (χ0n) is 13.4. The van der Waals surface area contributed by atoms with Crippen LogP contribution in [-0.4, -0.2) is 39.9 Å². The average Bonchev–Trinajstić information content (AvgIpc) is 3.12. The number of benzene rings is 1. The standard InChI is InChI=1S/C17H18F2N2O3S/c18-12-8-9-21(10-4-6-11(22)7-5-10)13(12)2-1-3-14-20-16(19)15(25-14)17(23)24/h4-7,12-13,22H,1-3,8-9H2,(H,23,24). The molecule has 1 fully saturated rings. The molecule has 1 aromatic heterocycles. The Kier molecular flexibility index (Phi) is 5.17. The first-order valence-corrected chi connectivity index (χ1v) is 8.85. The summed E-state index contributed by atoms with van der Waals surface area (Å²) < 4.78 is 27.7. The lowest BCUT2D eigenvalue weighted by Crippen LogP contribution is -2.33. The third-order valence-corrected chi connectivity index (χ3v) is 5.44. The van der Waals surface area contributed by atoms with E-state index in [1.54, 1.807) is 24.3 Å². The number of thiazole rings is 1. The second-order valence-corrected chi connectivity index (χ2v) is 7.09. The Balaban J connectivity index is 1.61. The van der Waals surface area contributed by atoms with E-state index in [0.717, 1.165) is 17.0 Å². The highest BCUT2D eigenvalue weighted by Gasteiger charge is 2.34. The number of aryl methyl sites for hydroxylation is 1. The minimum Gasteiger partial charge on any atom is -0.508 e. The van der Waals surface area contributed by atoms with E-state index in [0.29, 0.717) is 37.2 Å². The van der Waals surface area contributed by atoms with Crippen LogP contribution in [0.3, 0.4) is 0 Å². The van der Waals surface area contributed by atoms with Crippen molar-refractivity contribution in [3.05, 3.63) is 40.1 Å². The minimum atomic E-state index is -1.32. The number of phenolic OH excluding ortho intramolecular Hbond substituents is 1. The third-order valence-electron chi connectivity index (χ3n) is 4.36. The molecule has 2 aromatic rings. The number of rotatable bonds is 6. The van der Waals surface area contributed by atoms with E-state index in [2.05, 4.69) is 4.98 Å². The predicted octanol–water partition coefficient (Wildman–Crippen LogP) is 3.63. The highest BCUT2D eigenvalue weighted by molar-refractivity contribution is 7.13. The van der Waals surface area contributed by atoms with Gasteiger partial charge in [0, 0.05) is 12.2 Å². The van der Waals surface area contributed by atoms with Gasteiger partial charge in [0.15, 0.2) is 4.88 Å². The van der Waals surface area contributed by atoms with Gasteiger partial charge in [0.25, 0.3) is 0 Å². The number of phenols is 1. The number of carboxylic acid groups (broad SMARTS) is 1. The Labute approximate surface area is 147 Å². The largest absolute Gasteiger partial charge is 0.508 e. The predicted molar refractivity (Wildman–Crippen MR) is 90.7 cm³/mol. The lowest BCUT2D eigenvalue weighted by molar-refractivity contribution is 0.0697. The van der Waals surface area contributed by atoms with Crippen LogP contribution in [-0.2, 0) is 6.42 Å². The molecular formula is C17H18F2N2O3S. The van der Waals surface area contributed by atoms with Gasteiger partial charge in [0.2, 0.25) is 5.95 Å². The third kappa shape index (κ3) is 3.89. The number of alkyl halides is 1.